The van der Waals surface area contributed by atoms with E-state index >= 15 is 0 Å². The molecule has 0 aliphatic heterocycles. The molecule has 2 N–H and O–H groups in total. The van der Waals surface area contributed by atoms with Crippen LogP contribution in [0.3, 0.4) is 0 Å². The van der Waals surface area contributed by atoms with Gasteiger partial charge in [-0.3, -0.25) is 5.32 Å². The molecule has 0 heterocycles. The van der Waals surface area contributed by atoms with E-state index < -0.39 is 6.23 Å². The predicted octanol–water partition coefficient (Wildman–Crippen LogP) is 1.77. The normalized spacial score (nSPS) is 12.9. The van der Waals surface area contributed by atoms with Crippen molar-refractivity contribution in [1.82, 2.24) is 5.32 Å². The van der Waals surface area contributed by atoms with Crippen molar-refractivity contribution < 1.29 is 5.11 Å². The molecule has 1 unspecified atom stereocenters. The van der Waals surface area contributed by atoms with E-state index in [2.05, 4.69) is 5.32 Å². The SMILES string of the molecule is CC(O)NCc1ccc(Cl)cc1. The molecule has 1 aromatic rings. The molecule has 2 nitrogen and oxygen atoms in total. The number of nitrogens with one attached hydrogen (secondary N) is 1. The number of aliphatic hydroxyl groups is 1. The van der Waals surface area contributed by atoms with E-state index in [9.17, 15) is 0 Å². The van der Waals surface area contributed by atoms with Crippen LogP contribution >= 0.6 is 11.6 Å². The van der Waals surface area contributed by atoms with E-state index in [1.807, 2.05) is 24.3 Å². The van der Waals surface area contributed by atoms with Crippen LogP contribution in [-0.2, 0) is 6.54 Å². The molecule has 12 heavy (non-hydrogen) atoms. The molecule has 0 radical (unpaired) electrons. The van der Waals surface area contributed by atoms with Gasteiger partial charge >= 0.3 is 0 Å². The highest BCUT2D eigenvalue weighted by atomic mass is 35.5. The van der Waals surface area contributed by atoms with E-state index in [0.717, 1.165) is 10.6 Å². The Labute approximate surface area is 77.2 Å². The first-order valence-electron chi connectivity index (χ1n) is 3.84. The molecule has 0 aromatic heterocycles. The van der Waals surface area contributed by atoms with Crippen LogP contribution in [0.2, 0.25) is 5.02 Å². The third kappa shape index (κ3) is 3.22. The first kappa shape index (κ1) is 9.52. The van der Waals surface area contributed by atoms with Gasteiger partial charge in [-0.15, -0.1) is 0 Å². The zero-order valence-corrected chi connectivity index (χ0v) is 7.67. The van der Waals surface area contributed by atoms with Crippen LogP contribution in [-0.4, -0.2) is 11.3 Å². The molecule has 0 aliphatic carbocycles. The summed E-state index contributed by atoms with van der Waals surface area (Å²) in [6, 6.07) is 7.52. The van der Waals surface area contributed by atoms with Gasteiger partial charge in [-0.25, -0.2) is 0 Å². The second-order valence-corrected chi connectivity index (χ2v) is 3.12. The Morgan fingerprint density at radius 2 is 2.00 bits per heavy atom. The Balaban J connectivity index is 2.48. The summed E-state index contributed by atoms with van der Waals surface area (Å²) in [5.41, 5.74) is 1.11. The summed E-state index contributed by atoms with van der Waals surface area (Å²) in [7, 11) is 0. The first-order chi connectivity index (χ1) is 5.68. The van der Waals surface area contributed by atoms with Crippen LogP contribution < -0.4 is 5.32 Å². The van der Waals surface area contributed by atoms with Crippen LogP contribution in [0.5, 0.6) is 0 Å². The predicted molar refractivity (Wildman–Crippen MR) is 50.0 cm³/mol. The molecule has 0 amide bonds. The Morgan fingerprint density at radius 3 is 2.50 bits per heavy atom. The van der Waals surface area contributed by atoms with E-state index in [1.54, 1.807) is 6.92 Å². The Hall–Kier alpha value is -0.570. The van der Waals surface area contributed by atoms with Gasteiger partial charge in [0.15, 0.2) is 0 Å². The van der Waals surface area contributed by atoms with Crippen LogP contribution in [0.1, 0.15) is 12.5 Å². The third-order valence-electron chi connectivity index (χ3n) is 1.51. The maximum Gasteiger partial charge on any atom is 0.102 e. The minimum absolute atomic E-state index is 0.472. The molecular formula is C9H12ClNO. The van der Waals surface area contributed by atoms with Gasteiger partial charge in [-0.05, 0) is 24.6 Å². The fourth-order valence-electron chi connectivity index (χ4n) is 0.868. The quantitative estimate of drug-likeness (QED) is 0.704. The Kier molecular flexibility index (Phi) is 3.53. The van der Waals surface area contributed by atoms with Gasteiger partial charge in [-0.2, -0.15) is 0 Å². The van der Waals surface area contributed by atoms with Gasteiger partial charge in [0.25, 0.3) is 0 Å². The summed E-state index contributed by atoms with van der Waals surface area (Å²) in [4.78, 5) is 0. The number of aliphatic hydroxyl groups excluding tert-OH is 1. The van der Waals surface area contributed by atoms with Crippen molar-refractivity contribution in [1.29, 1.82) is 0 Å². The van der Waals surface area contributed by atoms with Crippen LogP contribution in [0.4, 0.5) is 0 Å². The summed E-state index contributed by atoms with van der Waals surface area (Å²) in [5, 5.41) is 12.6. The third-order valence-corrected chi connectivity index (χ3v) is 1.77. The summed E-state index contributed by atoms with van der Waals surface area (Å²) >= 11 is 5.70. The molecule has 0 bridgehead atoms. The topological polar surface area (TPSA) is 32.3 Å². The molecule has 1 atom stereocenters. The average Bonchev–Trinajstić information content (AvgIpc) is 2.03. The number of benzene rings is 1. The van der Waals surface area contributed by atoms with Gasteiger partial charge in [0.1, 0.15) is 6.23 Å². The maximum atomic E-state index is 8.93. The van der Waals surface area contributed by atoms with Crippen molar-refractivity contribution in [2.45, 2.75) is 19.7 Å². The Morgan fingerprint density at radius 1 is 1.42 bits per heavy atom. The van der Waals surface area contributed by atoms with Gasteiger partial charge in [0, 0.05) is 11.6 Å². The smallest absolute Gasteiger partial charge is 0.102 e. The van der Waals surface area contributed by atoms with Crippen molar-refractivity contribution in [3.8, 4) is 0 Å². The van der Waals surface area contributed by atoms with Crippen LogP contribution in [0.25, 0.3) is 0 Å². The van der Waals surface area contributed by atoms with Gasteiger partial charge < -0.3 is 5.11 Å². The summed E-state index contributed by atoms with van der Waals surface area (Å²) in [5.74, 6) is 0. The van der Waals surface area contributed by atoms with Crippen molar-refractivity contribution in [2.75, 3.05) is 0 Å². The minimum atomic E-state index is -0.472. The van der Waals surface area contributed by atoms with Gasteiger partial charge in [0.2, 0.25) is 0 Å². The van der Waals surface area contributed by atoms with Crippen molar-refractivity contribution in [3.05, 3.63) is 34.9 Å². The van der Waals surface area contributed by atoms with Gasteiger partial charge in [0.05, 0.1) is 0 Å². The van der Waals surface area contributed by atoms with Crippen molar-refractivity contribution >= 4 is 11.6 Å². The largest absolute Gasteiger partial charge is 0.379 e. The molecule has 1 rings (SSSR count). The monoisotopic (exact) mass is 185 g/mol. The van der Waals surface area contributed by atoms with E-state index in [0.29, 0.717) is 6.54 Å². The molecule has 0 saturated heterocycles. The molecule has 0 spiro atoms. The van der Waals surface area contributed by atoms with E-state index in [4.69, 9.17) is 16.7 Å². The summed E-state index contributed by atoms with van der Waals surface area (Å²) in [6.07, 6.45) is -0.472. The highest BCUT2D eigenvalue weighted by Gasteiger charge is 1.95. The molecule has 66 valence electrons. The van der Waals surface area contributed by atoms with Crippen LogP contribution in [0, 0.1) is 0 Å². The van der Waals surface area contributed by atoms with Crippen molar-refractivity contribution in [2.24, 2.45) is 0 Å². The molecule has 3 heteroatoms. The fourth-order valence-corrected chi connectivity index (χ4v) is 0.994. The second-order valence-electron chi connectivity index (χ2n) is 2.68. The number of rotatable bonds is 3. The zero-order chi connectivity index (χ0) is 8.97. The molecule has 0 saturated carbocycles. The van der Waals surface area contributed by atoms with E-state index in [-0.39, 0.29) is 0 Å². The molecule has 1 aromatic carbocycles. The van der Waals surface area contributed by atoms with E-state index in [1.165, 1.54) is 0 Å². The first-order valence-corrected chi connectivity index (χ1v) is 4.22. The number of hydrogen-bond donors (Lipinski definition) is 2. The highest BCUT2D eigenvalue weighted by molar-refractivity contribution is 6.30. The lowest BCUT2D eigenvalue weighted by Gasteiger charge is -2.06. The average molecular weight is 186 g/mol. The summed E-state index contributed by atoms with van der Waals surface area (Å²) < 4.78 is 0. The summed E-state index contributed by atoms with van der Waals surface area (Å²) in [6.45, 7) is 2.35. The van der Waals surface area contributed by atoms with Crippen molar-refractivity contribution in [3.63, 3.8) is 0 Å². The molecule has 0 aliphatic rings. The molecular weight excluding hydrogens is 174 g/mol. The Bertz CT molecular complexity index is 233. The maximum absolute atomic E-state index is 8.93. The number of hydrogen-bond acceptors (Lipinski definition) is 2. The molecule has 0 fully saturated rings. The standard InChI is InChI=1S/C9H12ClNO/c1-7(12)11-6-8-2-4-9(10)5-3-8/h2-5,7,11-12H,6H2,1H3. The van der Waals surface area contributed by atoms with Crippen LogP contribution in [0.15, 0.2) is 24.3 Å². The lowest BCUT2D eigenvalue weighted by molar-refractivity contribution is 0.155. The lowest BCUT2D eigenvalue weighted by Crippen LogP contribution is -2.24. The zero-order valence-electron chi connectivity index (χ0n) is 6.92. The number of halogens is 1. The lowest BCUT2D eigenvalue weighted by atomic mass is 10.2. The fraction of sp³-hybridized carbons (Fsp3) is 0.333. The minimum Gasteiger partial charge on any atom is -0.379 e. The second kappa shape index (κ2) is 4.45. The highest BCUT2D eigenvalue weighted by Crippen LogP contribution is 2.08. The van der Waals surface area contributed by atoms with Gasteiger partial charge in [-0.1, -0.05) is 23.7 Å².